The molecule has 2 N–H and O–H groups in total. The second-order valence-electron chi connectivity index (χ2n) is 6.28. The summed E-state index contributed by atoms with van der Waals surface area (Å²) in [4.78, 5) is 16.4. The Labute approximate surface area is 139 Å². The topological polar surface area (TPSA) is 79.8 Å². The van der Waals surface area contributed by atoms with E-state index in [1.807, 2.05) is 6.07 Å². The molecule has 6 nitrogen and oxygen atoms in total. The van der Waals surface area contributed by atoms with Crippen molar-refractivity contribution in [3.63, 3.8) is 0 Å². The lowest BCUT2D eigenvalue weighted by molar-refractivity contribution is 0.102. The van der Waals surface area contributed by atoms with Gasteiger partial charge < -0.3 is 5.32 Å². The zero-order chi connectivity index (χ0) is 16.2. The number of carbonyl (C=O) groups is 1. The lowest BCUT2D eigenvalue weighted by atomic mass is 9.80. The van der Waals surface area contributed by atoms with Gasteiger partial charge in [0.1, 0.15) is 11.3 Å². The van der Waals surface area contributed by atoms with Crippen LogP contribution in [0.3, 0.4) is 0 Å². The summed E-state index contributed by atoms with van der Waals surface area (Å²) in [6.45, 7) is 4.60. The number of hydrogen-bond donors (Lipinski definition) is 2. The van der Waals surface area contributed by atoms with Gasteiger partial charge in [-0.15, -0.1) is 10.2 Å². The molecule has 23 heavy (non-hydrogen) atoms. The lowest BCUT2D eigenvalue weighted by Crippen LogP contribution is -2.33. The molecule has 2 aromatic heterocycles. The van der Waals surface area contributed by atoms with Crippen molar-refractivity contribution in [1.29, 1.82) is 0 Å². The smallest absolute Gasteiger partial charge is 0.259 e. The van der Waals surface area contributed by atoms with E-state index in [1.54, 1.807) is 17.8 Å². The number of carbonyl (C=O) groups excluding carboxylic acids is 1. The minimum atomic E-state index is -0.222. The van der Waals surface area contributed by atoms with Crippen LogP contribution < -0.4 is 10.6 Å². The third kappa shape index (κ3) is 4.04. The van der Waals surface area contributed by atoms with Gasteiger partial charge in [-0.25, -0.2) is 4.98 Å². The Balaban J connectivity index is 1.59. The van der Waals surface area contributed by atoms with Crippen molar-refractivity contribution in [2.45, 2.75) is 39.2 Å². The lowest BCUT2D eigenvalue weighted by Gasteiger charge is -2.33. The number of aromatic nitrogens is 3. The van der Waals surface area contributed by atoms with Gasteiger partial charge in [-0.2, -0.15) is 0 Å². The highest BCUT2D eigenvalue weighted by Crippen LogP contribution is 2.30. The van der Waals surface area contributed by atoms with E-state index in [0.717, 1.165) is 11.7 Å². The normalized spacial score (nSPS) is 24.2. The van der Waals surface area contributed by atoms with E-state index in [2.05, 4.69) is 39.7 Å². The van der Waals surface area contributed by atoms with Crippen LogP contribution in [-0.4, -0.2) is 27.1 Å². The number of amides is 1. The van der Waals surface area contributed by atoms with Gasteiger partial charge in [-0.3, -0.25) is 10.1 Å². The summed E-state index contributed by atoms with van der Waals surface area (Å²) >= 11 is 1.29. The number of anilines is 2. The molecule has 122 valence electrons. The maximum Gasteiger partial charge on any atom is 0.259 e. The average Bonchev–Trinajstić information content (AvgIpc) is 3.04. The second-order valence-corrected chi connectivity index (χ2v) is 7.11. The first-order valence-corrected chi connectivity index (χ1v) is 8.80. The number of rotatable bonds is 4. The molecule has 1 aliphatic carbocycles. The highest BCUT2D eigenvalue weighted by Gasteiger charge is 2.25. The van der Waals surface area contributed by atoms with Crippen molar-refractivity contribution in [1.82, 2.24) is 15.2 Å². The summed E-state index contributed by atoms with van der Waals surface area (Å²) < 4.78 is 0. The molecule has 1 fully saturated rings. The summed E-state index contributed by atoms with van der Waals surface area (Å²) in [5.74, 6) is 2.05. The van der Waals surface area contributed by atoms with E-state index in [1.165, 1.54) is 30.6 Å². The minimum absolute atomic E-state index is 0.222. The van der Waals surface area contributed by atoms with Gasteiger partial charge in [0.2, 0.25) is 5.13 Å². The number of nitrogens with one attached hydrogen (secondary N) is 2. The molecular formula is C16H21N5OS. The zero-order valence-electron chi connectivity index (χ0n) is 13.3. The molecule has 0 spiro atoms. The second kappa shape index (κ2) is 7.04. The number of nitrogens with zero attached hydrogens (tertiary/aromatic N) is 3. The predicted octanol–water partition coefficient (Wildman–Crippen LogP) is 3.42. The van der Waals surface area contributed by atoms with E-state index in [0.29, 0.717) is 22.7 Å². The van der Waals surface area contributed by atoms with Crippen molar-refractivity contribution in [3.05, 3.63) is 29.4 Å². The van der Waals surface area contributed by atoms with Gasteiger partial charge in [0.25, 0.3) is 5.91 Å². The summed E-state index contributed by atoms with van der Waals surface area (Å²) in [6.07, 6.45) is 5.27. The quantitative estimate of drug-likeness (QED) is 0.897. The number of pyridine rings is 1. The van der Waals surface area contributed by atoms with Crippen LogP contribution in [0.5, 0.6) is 0 Å². The van der Waals surface area contributed by atoms with Crippen LogP contribution >= 0.6 is 11.3 Å². The fourth-order valence-electron chi connectivity index (χ4n) is 3.08. The molecule has 1 aliphatic rings. The minimum Gasteiger partial charge on any atom is -0.367 e. The van der Waals surface area contributed by atoms with Crippen LogP contribution in [0.15, 0.2) is 23.8 Å². The largest absolute Gasteiger partial charge is 0.367 e. The first-order valence-electron chi connectivity index (χ1n) is 7.92. The molecule has 7 heteroatoms. The van der Waals surface area contributed by atoms with Gasteiger partial charge in [-0.05, 0) is 43.2 Å². The number of hydrogen-bond acceptors (Lipinski definition) is 6. The molecule has 0 saturated heterocycles. The summed E-state index contributed by atoms with van der Waals surface area (Å²) in [7, 11) is 0. The SMILES string of the molecule is CC1CCC(Nc2ccc(C(=O)Nc3nncs3)cn2)C(C)C1. The summed E-state index contributed by atoms with van der Waals surface area (Å²) in [5, 5.41) is 14.2. The summed E-state index contributed by atoms with van der Waals surface area (Å²) in [6, 6.07) is 4.10. The average molecular weight is 331 g/mol. The standard InChI is InChI=1S/C16H21N5OS/c1-10-3-5-13(11(2)7-10)19-14-6-4-12(8-17-14)15(22)20-16-21-18-9-23-16/h4,6,8-11,13H,3,5,7H2,1-2H3,(H,17,19)(H,20,21,22). The van der Waals surface area contributed by atoms with E-state index in [4.69, 9.17) is 0 Å². The van der Waals surface area contributed by atoms with Gasteiger partial charge in [0.15, 0.2) is 0 Å². The molecule has 3 atom stereocenters. The Morgan fingerprint density at radius 1 is 1.30 bits per heavy atom. The van der Waals surface area contributed by atoms with Gasteiger partial charge in [0, 0.05) is 12.2 Å². The van der Waals surface area contributed by atoms with Gasteiger partial charge in [-0.1, -0.05) is 25.2 Å². The Morgan fingerprint density at radius 3 is 2.83 bits per heavy atom. The Hall–Kier alpha value is -2.02. The third-order valence-corrected chi connectivity index (χ3v) is 4.98. The van der Waals surface area contributed by atoms with E-state index in [-0.39, 0.29) is 5.91 Å². The first-order chi connectivity index (χ1) is 11.1. The summed E-state index contributed by atoms with van der Waals surface area (Å²) in [5.41, 5.74) is 2.09. The molecular weight excluding hydrogens is 310 g/mol. The van der Waals surface area contributed by atoms with Crippen molar-refractivity contribution >= 4 is 28.2 Å². The molecule has 1 amide bonds. The van der Waals surface area contributed by atoms with Crippen molar-refractivity contribution in [2.75, 3.05) is 10.6 Å². The van der Waals surface area contributed by atoms with E-state index < -0.39 is 0 Å². The van der Waals surface area contributed by atoms with Crippen molar-refractivity contribution in [2.24, 2.45) is 11.8 Å². The molecule has 2 heterocycles. The zero-order valence-corrected chi connectivity index (χ0v) is 14.1. The molecule has 0 radical (unpaired) electrons. The van der Waals surface area contributed by atoms with Crippen LogP contribution in [0.1, 0.15) is 43.5 Å². The Bertz CT molecular complexity index is 643. The predicted molar refractivity (Wildman–Crippen MR) is 91.7 cm³/mol. The van der Waals surface area contributed by atoms with Crippen molar-refractivity contribution in [3.8, 4) is 0 Å². The fraction of sp³-hybridized carbons (Fsp3) is 0.500. The van der Waals surface area contributed by atoms with Crippen LogP contribution in [-0.2, 0) is 0 Å². The van der Waals surface area contributed by atoms with Crippen molar-refractivity contribution < 1.29 is 4.79 Å². The van der Waals surface area contributed by atoms with Crippen LogP contribution in [0, 0.1) is 11.8 Å². The third-order valence-electron chi connectivity index (χ3n) is 4.37. The maximum atomic E-state index is 12.1. The Kier molecular flexibility index (Phi) is 4.85. The molecule has 3 rings (SSSR count). The molecule has 0 aliphatic heterocycles. The highest BCUT2D eigenvalue weighted by molar-refractivity contribution is 7.13. The first kappa shape index (κ1) is 15.9. The highest BCUT2D eigenvalue weighted by atomic mass is 32.1. The molecule has 2 aromatic rings. The Morgan fingerprint density at radius 2 is 2.17 bits per heavy atom. The maximum absolute atomic E-state index is 12.1. The van der Waals surface area contributed by atoms with Crippen LogP contribution in [0.25, 0.3) is 0 Å². The monoisotopic (exact) mass is 331 g/mol. The molecule has 3 unspecified atom stereocenters. The molecule has 1 saturated carbocycles. The van der Waals surface area contributed by atoms with E-state index >= 15 is 0 Å². The fourth-order valence-corrected chi connectivity index (χ4v) is 3.52. The van der Waals surface area contributed by atoms with E-state index in [9.17, 15) is 4.79 Å². The van der Waals surface area contributed by atoms with Gasteiger partial charge >= 0.3 is 0 Å². The van der Waals surface area contributed by atoms with Crippen LogP contribution in [0.4, 0.5) is 10.9 Å². The van der Waals surface area contributed by atoms with Gasteiger partial charge in [0.05, 0.1) is 5.56 Å². The molecule has 0 aromatic carbocycles. The van der Waals surface area contributed by atoms with Crippen LogP contribution in [0.2, 0.25) is 0 Å². The molecule has 0 bridgehead atoms.